The number of halogens is 1. The van der Waals surface area contributed by atoms with Crippen LogP contribution >= 0.6 is 11.6 Å². The van der Waals surface area contributed by atoms with E-state index < -0.39 is 10.0 Å². The van der Waals surface area contributed by atoms with Gasteiger partial charge in [-0.15, -0.1) is 0 Å². The lowest BCUT2D eigenvalue weighted by Gasteiger charge is -2.16. The second kappa shape index (κ2) is 7.49. The minimum atomic E-state index is -3.65. The lowest BCUT2D eigenvalue weighted by molar-refractivity contribution is 0.331. The Morgan fingerprint density at radius 3 is 2.73 bits per heavy atom. The molecule has 22 heavy (non-hydrogen) atoms. The van der Waals surface area contributed by atoms with Gasteiger partial charge < -0.3 is 4.74 Å². The van der Waals surface area contributed by atoms with Crippen LogP contribution in [0.15, 0.2) is 28.7 Å². The van der Waals surface area contributed by atoms with E-state index in [0.717, 1.165) is 30.4 Å². The maximum absolute atomic E-state index is 12.6. The molecule has 0 atom stereocenters. The van der Waals surface area contributed by atoms with E-state index in [1.165, 1.54) is 12.5 Å². The van der Waals surface area contributed by atoms with Crippen LogP contribution in [0.3, 0.4) is 0 Å². The molecular formula is C16H22ClNO3S. The topological polar surface area (TPSA) is 55.4 Å². The Kier molecular flexibility index (Phi) is 5.89. The fourth-order valence-electron chi connectivity index (χ4n) is 2.45. The number of hydrogen-bond acceptors (Lipinski definition) is 3. The zero-order valence-electron chi connectivity index (χ0n) is 13.0. The first-order chi connectivity index (χ1) is 10.4. The molecule has 1 N–H and O–H groups in total. The molecule has 0 heterocycles. The van der Waals surface area contributed by atoms with Crippen LogP contribution in [0.5, 0.6) is 5.75 Å². The monoisotopic (exact) mass is 343 g/mol. The Morgan fingerprint density at radius 1 is 1.32 bits per heavy atom. The van der Waals surface area contributed by atoms with Gasteiger partial charge in [0, 0.05) is 11.6 Å². The van der Waals surface area contributed by atoms with Crippen molar-refractivity contribution in [3.8, 4) is 5.75 Å². The number of ether oxygens (including phenoxy) is 1. The fraction of sp³-hybridized carbons (Fsp3) is 0.500. The molecule has 0 spiro atoms. The molecule has 0 radical (unpaired) electrons. The standard InChI is InChI=1S/C16H22ClNO3S/c1-3-21-15-9-12(2)14(17)10-16(15)22(19,20)18-11-13-7-5-4-6-8-13/h7,9-10,18H,3-6,8,11H2,1-2H3. The van der Waals surface area contributed by atoms with E-state index in [-0.39, 0.29) is 4.90 Å². The van der Waals surface area contributed by atoms with Crippen LogP contribution in [0.2, 0.25) is 5.02 Å². The Labute approximate surface area is 137 Å². The predicted octanol–water partition coefficient (Wildman–Crippen LogP) is 3.83. The molecule has 1 aromatic carbocycles. The molecule has 1 aromatic rings. The van der Waals surface area contributed by atoms with Crippen LogP contribution in [0, 0.1) is 6.92 Å². The number of hydrogen-bond donors (Lipinski definition) is 1. The molecule has 0 saturated carbocycles. The van der Waals surface area contributed by atoms with Crippen LogP contribution in [-0.2, 0) is 10.0 Å². The van der Waals surface area contributed by atoms with Crippen LogP contribution in [0.25, 0.3) is 0 Å². The van der Waals surface area contributed by atoms with Crippen molar-refractivity contribution in [2.45, 2.75) is 44.4 Å². The molecule has 0 aromatic heterocycles. The zero-order valence-corrected chi connectivity index (χ0v) is 14.6. The zero-order chi connectivity index (χ0) is 16.2. The summed E-state index contributed by atoms with van der Waals surface area (Å²) in [6, 6.07) is 3.12. The van der Waals surface area contributed by atoms with E-state index in [2.05, 4.69) is 10.8 Å². The van der Waals surface area contributed by atoms with Crippen molar-refractivity contribution >= 4 is 21.6 Å². The maximum atomic E-state index is 12.6. The first-order valence-electron chi connectivity index (χ1n) is 7.54. The minimum Gasteiger partial charge on any atom is -0.492 e. The first-order valence-corrected chi connectivity index (χ1v) is 9.40. The predicted molar refractivity (Wildman–Crippen MR) is 89.1 cm³/mol. The van der Waals surface area contributed by atoms with Gasteiger partial charge in [0.2, 0.25) is 10.0 Å². The van der Waals surface area contributed by atoms with E-state index in [1.807, 2.05) is 13.8 Å². The third-order valence-corrected chi connectivity index (χ3v) is 5.52. The molecule has 0 aliphatic heterocycles. The number of aryl methyl sites for hydroxylation is 1. The summed E-state index contributed by atoms with van der Waals surface area (Å²) in [5.74, 6) is 0.342. The lowest BCUT2D eigenvalue weighted by atomic mass is 10.0. The van der Waals surface area contributed by atoms with Crippen molar-refractivity contribution in [2.75, 3.05) is 13.2 Å². The molecule has 6 heteroatoms. The smallest absolute Gasteiger partial charge is 0.244 e. The summed E-state index contributed by atoms with van der Waals surface area (Å²) in [4.78, 5) is 0.0985. The van der Waals surface area contributed by atoms with E-state index in [1.54, 1.807) is 6.07 Å². The van der Waals surface area contributed by atoms with Crippen LogP contribution < -0.4 is 9.46 Å². The molecule has 0 amide bonds. The van der Waals surface area contributed by atoms with Crippen molar-refractivity contribution in [1.29, 1.82) is 0 Å². The Hall–Kier alpha value is -1.04. The molecule has 1 aliphatic rings. The van der Waals surface area contributed by atoms with Gasteiger partial charge in [-0.05, 0) is 57.2 Å². The van der Waals surface area contributed by atoms with E-state index in [9.17, 15) is 8.42 Å². The molecule has 0 saturated heterocycles. The summed E-state index contributed by atoms with van der Waals surface area (Å²) in [5, 5.41) is 0.417. The largest absolute Gasteiger partial charge is 0.492 e. The lowest BCUT2D eigenvalue weighted by Crippen LogP contribution is -2.27. The average molecular weight is 344 g/mol. The summed E-state index contributed by atoms with van der Waals surface area (Å²) < 4.78 is 33.2. The van der Waals surface area contributed by atoms with Gasteiger partial charge in [0.05, 0.1) is 6.61 Å². The third kappa shape index (κ3) is 4.24. The van der Waals surface area contributed by atoms with Gasteiger partial charge in [0.15, 0.2) is 0 Å². The summed E-state index contributed by atoms with van der Waals surface area (Å²) in [5.41, 5.74) is 1.94. The second-order valence-corrected chi connectivity index (χ2v) is 7.56. The highest BCUT2D eigenvalue weighted by Crippen LogP contribution is 2.30. The molecule has 0 unspecified atom stereocenters. The Morgan fingerprint density at radius 2 is 2.09 bits per heavy atom. The van der Waals surface area contributed by atoms with Gasteiger partial charge in [-0.1, -0.05) is 23.3 Å². The molecule has 4 nitrogen and oxygen atoms in total. The highest BCUT2D eigenvalue weighted by atomic mass is 35.5. The number of benzene rings is 1. The highest BCUT2D eigenvalue weighted by Gasteiger charge is 2.21. The molecular weight excluding hydrogens is 322 g/mol. The van der Waals surface area contributed by atoms with Crippen molar-refractivity contribution in [2.24, 2.45) is 0 Å². The molecule has 2 rings (SSSR count). The molecule has 0 fully saturated rings. The van der Waals surface area contributed by atoms with E-state index in [0.29, 0.717) is 23.9 Å². The van der Waals surface area contributed by atoms with Gasteiger partial charge in [0.1, 0.15) is 10.6 Å². The Balaban J connectivity index is 2.24. The van der Waals surface area contributed by atoms with Gasteiger partial charge in [0.25, 0.3) is 0 Å². The van der Waals surface area contributed by atoms with Crippen LogP contribution in [-0.4, -0.2) is 21.6 Å². The summed E-state index contributed by atoms with van der Waals surface area (Å²) in [6.07, 6.45) is 6.40. The second-order valence-electron chi connectivity index (χ2n) is 5.41. The number of sulfonamides is 1. The van der Waals surface area contributed by atoms with Gasteiger partial charge in [-0.2, -0.15) is 0 Å². The summed E-state index contributed by atoms with van der Waals surface area (Å²) in [6.45, 7) is 4.39. The van der Waals surface area contributed by atoms with Gasteiger partial charge in [-0.3, -0.25) is 0 Å². The number of rotatable bonds is 6. The minimum absolute atomic E-state index is 0.0985. The highest BCUT2D eigenvalue weighted by molar-refractivity contribution is 7.89. The fourth-order valence-corrected chi connectivity index (χ4v) is 3.86. The van der Waals surface area contributed by atoms with Crippen LogP contribution in [0.1, 0.15) is 38.2 Å². The Bertz CT molecular complexity index is 668. The molecule has 122 valence electrons. The number of allylic oxidation sites excluding steroid dienone is 1. The van der Waals surface area contributed by atoms with Crippen molar-refractivity contribution in [3.63, 3.8) is 0 Å². The van der Waals surface area contributed by atoms with Crippen molar-refractivity contribution in [1.82, 2.24) is 4.72 Å². The summed E-state index contributed by atoms with van der Waals surface area (Å²) in [7, 11) is -3.65. The summed E-state index contributed by atoms with van der Waals surface area (Å²) >= 11 is 6.08. The van der Waals surface area contributed by atoms with Crippen molar-refractivity contribution < 1.29 is 13.2 Å². The van der Waals surface area contributed by atoms with Gasteiger partial charge >= 0.3 is 0 Å². The van der Waals surface area contributed by atoms with Gasteiger partial charge in [-0.25, -0.2) is 13.1 Å². The normalized spacial score (nSPS) is 15.5. The average Bonchev–Trinajstić information content (AvgIpc) is 2.50. The first kappa shape index (κ1) is 17.3. The molecule has 0 bridgehead atoms. The molecule has 1 aliphatic carbocycles. The SMILES string of the molecule is CCOc1cc(C)c(Cl)cc1S(=O)(=O)NCC1=CCCCC1. The maximum Gasteiger partial charge on any atom is 0.244 e. The van der Waals surface area contributed by atoms with Crippen molar-refractivity contribution in [3.05, 3.63) is 34.4 Å². The van der Waals surface area contributed by atoms with Crippen LogP contribution in [0.4, 0.5) is 0 Å². The van der Waals surface area contributed by atoms with E-state index >= 15 is 0 Å². The van der Waals surface area contributed by atoms with E-state index in [4.69, 9.17) is 16.3 Å². The number of nitrogens with one attached hydrogen (secondary N) is 1. The quantitative estimate of drug-likeness (QED) is 0.799. The third-order valence-electron chi connectivity index (χ3n) is 3.69.